The Kier molecular flexibility index (Phi) is 4.50. The maximum absolute atomic E-state index is 13.4. The molecule has 0 fully saturated rings. The van der Waals surface area contributed by atoms with E-state index in [0.29, 0.717) is 21.3 Å². The number of hydrogen-bond donors (Lipinski definition) is 1. The summed E-state index contributed by atoms with van der Waals surface area (Å²) >= 11 is 3.27. The van der Waals surface area contributed by atoms with Gasteiger partial charge in [0.05, 0.1) is 9.37 Å². The fourth-order valence-corrected chi connectivity index (χ4v) is 3.93. The molecule has 0 saturated carbocycles. The Bertz CT molecular complexity index is 938. The van der Waals surface area contributed by atoms with Crippen molar-refractivity contribution in [3.8, 4) is 5.75 Å². The lowest BCUT2D eigenvalue weighted by Crippen LogP contribution is -2.21. The van der Waals surface area contributed by atoms with Gasteiger partial charge in [-0.1, -0.05) is 23.8 Å². The second-order valence-electron chi connectivity index (χ2n) is 5.61. The van der Waals surface area contributed by atoms with Gasteiger partial charge < -0.3 is 4.74 Å². The van der Waals surface area contributed by atoms with Crippen molar-refractivity contribution >= 4 is 32.1 Å². The third-order valence-corrected chi connectivity index (χ3v) is 5.25. The Hall–Kier alpha value is -1.70. The summed E-state index contributed by atoms with van der Waals surface area (Å²) in [4.78, 5) is -0.130. The Morgan fingerprint density at radius 2 is 2.04 bits per heavy atom. The molecule has 0 aliphatic carbocycles. The number of rotatable bonds is 3. The van der Waals surface area contributed by atoms with Crippen molar-refractivity contribution in [2.45, 2.75) is 24.3 Å². The molecule has 24 heavy (non-hydrogen) atoms. The first-order valence-electron chi connectivity index (χ1n) is 7.15. The number of hydrogen-bond acceptors (Lipinski definition) is 3. The molecule has 1 heterocycles. The van der Waals surface area contributed by atoms with Crippen LogP contribution in [0.4, 0.5) is 4.39 Å². The summed E-state index contributed by atoms with van der Waals surface area (Å²) in [7, 11) is -4.31. The Balaban J connectivity index is 1.93. The Morgan fingerprint density at radius 1 is 1.29 bits per heavy atom. The first-order valence-corrected chi connectivity index (χ1v) is 9.38. The second kappa shape index (κ2) is 6.31. The minimum atomic E-state index is -4.31. The predicted molar refractivity (Wildman–Crippen MR) is 92.2 cm³/mol. The topological polar surface area (TPSA) is 63.6 Å². The van der Waals surface area contributed by atoms with E-state index in [4.69, 9.17) is 4.74 Å². The second-order valence-corrected chi connectivity index (χ2v) is 7.86. The lowest BCUT2D eigenvalue weighted by molar-refractivity contribution is 0.243. The number of ether oxygens (including phenoxy) is 1. The molecule has 1 atom stereocenters. The van der Waals surface area contributed by atoms with Crippen LogP contribution in [0.3, 0.4) is 0 Å². The summed E-state index contributed by atoms with van der Waals surface area (Å²) in [5, 5.41) is 0. The van der Waals surface area contributed by atoms with Gasteiger partial charge in [0.15, 0.2) is 0 Å². The SMILES string of the molecule is Cc1ccc(S(=O)(=O)O)c(CC2C=Cc3cc(F)cc(Br)c3O2)c1. The largest absolute Gasteiger partial charge is 0.484 e. The molecule has 7 heteroatoms. The fourth-order valence-electron chi connectivity index (χ4n) is 2.68. The van der Waals surface area contributed by atoms with Gasteiger partial charge >= 0.3 is 0 Å². The van der Waals surface area contributed by atoms with Crippen molar-refractivity contribution in [3.63, 3.8) is 0 Å². The lowest BCUT2D eigenvalue weighted by Gasteiger charge is -2.23. The highest BCUT2D eigenvalue weighted by Gasteiger charge is 2.22. The summed E-state index contributed by atoms with van der Waals surface area (Å²) in [6.45, 7) is 1.84. The van der Waals surface area contributed by atoms with Crippen LogP contribution in [0.15, 0.2) is 45.8 Å². The van der Waals surface area contributed by atoms with Crippen molar-refractivity contribution in [3.05, 3.63) is 63.4 Å². The molecule has 1 aliphatic heterocycles. The number of halogens is 2. The average molecular weight is 413 g/mol. The van der Waals surface area contributed by atoms with E-state index in [1.807, 2.05) is 6.92 Å². The van der Waals surface area contributed by atoms with E-state index < -0.39 is 16.2 Å². The predicted octanol–water partition coefficient (Wildman–Crippen LogP) is 4.16. The maximum atomic E-state index is 13.4. The van der Waals surface area contributed by atoms with E-state index in [2.05, 4.69) is 15.9 Å². The van der Waals surface area contributed by atoms with Crippen molar-refractivity contribution in [1.82, 2.24) is 0 Å². The molecule has 0 spiro atoms. The highest BCUT2D eigenvalue weighted by Crippen LogP contribution is 2.35. The molecule has 0 amide bonds. The molecule has 2 aromatic rings. The summed E-state index contributed by atoms with van der Waals surface area (Å²) in [6.07, 6.45) is 3.31. The van der Waals surface area contributed by atoms with Crippen molar-refractivity contribution in [2.24, 2.45) is 0 Å². The summed E-state index contributed by atoms with van der Waals surface area (Å²) in [5.41, 5.74) is 1.95. The zero-order valence-corrected chi connectivity index (χ0v) is 15.1. The normalized spacial score (nSPS) is 16.6. The number of aryl methyl sites for hydroxylation is 1. The monoisotopic (exact) mass is 412 g/mol. The van der Waals surface area contributed by atoms with Crippen LogP contribution in [-0.4, -0.2) is 19.1 Å². The van der Waals surface area contributed by atoms with Crippen LogP contribution in [0, 0.1) is 12.7 Å². The highest BCUT2D eigenvalue weighted by atomic mass is 79.9. The third-order valence-electron chi connectivity index (χ3n) is 3.71. The standard InChI is InChI=1S/C17H14BrFO4S/c1-10-2-5-16(24(20,21)22)12(6-10)8-14-4-3-11-7-13(19)9-15(18)17(11)23-14/h2-7,9,14H,8H2,1H3,(H,20,21,22). The van der Waals surface area contributed by atoms with E-state index in [-0.39, 0.29) is 17.1 Å². The summed E-state index contributed by atoms with van der Waals surface area (Å²) < 4.78 is 52.2. The average Bonchev–Trinajstić information content (AvgIpc) is 2.46. The molecule has 0 bridgehead atoms. The van der Waals surface area contributed by atoms with Gasteiger partial charge in [-0.2, -0.15) is 8.42 Å². The minimum Gasteiger partial charge on any atom is -0.484 e. The molecule has 0 aromatic heterocycles. The van der Waals surface area contributed by atoms with Crippen molar-refractivity contribution in [2.75, 3.05) is 0 Å². The molecule has 1 unspecified atom stereocenters. The quantitative estimate of drug-likeness (QED) is 0.768. The molecule has 0 radical (unpaired) electrons. The molecule has 0 saturated heterocycles. The molecular weight excluding hydrogens is 399 g/mol. The van der Waals surface area contributed by atoms with Gasteiger partial charge in [0.1, 0.15) is 17.7 Å². The van der Waals surface area contributed by atoms with Gasteiger partial charge in [-0.3, -0.25) is 4.55 Å². The Morgan fingerprint density at radius 3 is 2.75 bits per heavy atom. The van der Waals surface area contributed by atoms with Crippen LogP contribution in [0.5, 0.6) is 5.75 Å². The van der Waals surface area contributed by atoms with E-state index in [1.54, 1.807) is 24.3 Å². The number of fused-ring (bicyclic) bond motifs is 1. The van der Waals surface area contributed by atoms with Crippen LogP contribution in [0.2, 0.25) is 0 Å². The molecule has 1 aliphatic rings. The van der Waals surface area contributed by atoms with Crippen LogP contribution < -0.4 is 4.74 Å². The zero-order valence-electron chi connectivity index (χ0n) is 12.7. The van der Waals surface area contributed by atoms with Gasteiger partial charge in [0.2, 0.25) is 0 Å². The third kappa shape index (κ3) is 3.53. The molecule has 126 valence electrons. The highest BCUT2D eigenvalue weighted by molar-refractivity contribution is 9.10. The first-order chi connectivity index (χ1) is 11.2. The summed E-state index contributed by atoms with van der Waals surface area (Å²) in [5.74, 6) is 0.129. The van der Waals surface area contributed by atoms with Gasteiger partial charge in [-0.05, 0) is 52.7 Å². The van der Waals surface area contributed by atoms with E-state index in [0.717, 1.165) is 5.56 Å². The molecule has 3 rings (SSSR count). The number of benzene rings is 2. The maximum Gasteiger partial charge on any atom is 0.294 e. The van der Waals surface area contributed by atoms with E-state index >= 15 is 0 Å². The molecule has 2 aromatic carbocycles. The van der Waals surface area contributed by atoms with Gasteiger partial charge in [-0.15, -0.1) is 0 Å². The van der Waals surface area contributed by atoms with Gasteiger partial charge in [-0.25, -0.2) is 4.39 Å². The van der Waals surface area contributed by atoms with Crippen molar-refractivity contribution in [1.29, 1.82) is 0 Å². The summed E-state index contributed by atoms with van der Waals surface area (Å²) in [6, 6.07) is 7.38. The van der Waals surface area contributed by atoms with Gasteiger partial charge in [0, 0.05) is 12.0 Å². The lowest BCUT2D eigenvalue weighted by atomic mass is 10.0. The zero-order chi connectivity index (χ0) is 17.5. The van der Waals surface area contributed by atoms with Crippen LogP contribution in [-0.2, 0) is 16.5 Å². The Labute approximate surface area is 147 Å². The molecule has 4 nitrogen and oxygen atoms in total. The smallest absolute Gasteiger partial charge is 0.294 e. The van der Waals surface area contributed by atoms with Gasteiger partial charge in [0.25, 0.3) is 10.1 Å². The van der Waals surface area contributed by atoms with Crippen LogP contribution in [0.25, 0.3) is 6.08 Å². The first kappa shape index (κ1) is 17.1. The van der Waals surface area contributed by atoms with E-state index in [9.17, 15) is 17.4 Å². The van der Waals surface area contributed by atoms with Crippen LogP contribution in [0.1, 0.15) is 16.7 Å². The van der Waals surface area contributed by atoms with Crippen molar-refractivity contribution < 1.29 is 22.1 Å². The fraction of sp³-hybridized carbons (Fsp3) is 0.176. The van der Waals surface area contributed by atoms with Crippen LogP contribution >= 0.6 is 15.9 Å². The molecular formula is C17H14BrFO4S. The molecule has 1 N–H and O–H groups in total. The minimum absolute atomic E-state index is 0.130. The van der Waals surface area contributed by atoms with E-state index in [1.165, 1.54) is 18.2 Å².